The molecule has 0 amide bonds. The molecule has 142 valence electrons. The molecule has 0 spiro atoms. The Morgan fingerprint density at radius 1 is 1.23 bits per heavy atom. The Kier molecular flexibility index (Phi) is 7.97. The Morgan fingerprint density at radius 3 is 2.42 bits per heavy atom. The summed E-state index contributed by atoms with van der Waals surface area (Å²) in [5, 5.41) is 9.16. The van der Waals surface area contributed by atoms with E-state index >= 15 is 0 Å². The van der Waals surface area contributed by atoms with Gasteiger partial charge in [-0.3, -0.25) is 4.79 Å². The van der Waals surface area contributed by atoms with Crippen LogP contribution in [0.4, 0.5) is 0 Å². The van der Waals surface area contributed by atoms with Crippen LogP contribution in [-0.4, -0.2) is 23.4 Å². The Hall–Kier alpha value is -2.20. The molecule has 0 saturated heterocycles. The summed E-state index contributed by atoms with van der Waals surface area (Å²) in [7, 11) is 0. The third kappa shape index (κ3) is 5.95. The predicted molar refractivity (Wildman–Crippen MR) is 107 cm³/mol. The summed E-state index contributed by atoms with van der Waals surface area (Å²) >= 11 is 0. The molecule has 26 heavy (non-hydrogen) atoms. The number of carbonyl (C=O) groups excluding carboxylic acids is 1. The van der Waals surface area contributed by atoms with Gasteiger partial charge < -0.3 is 10.8 Å². The summed E-state index contributed by atoms with van der Waals surface area (Å²) in [6.07, 6.45) is 13.2. The van der Waals surface area contributed by atoms with Crippen molar-refractivity contribution in [2.75, 3.05) is 6.54 Å². The van der Waals surface area contributed by atoms with Gasteiger partial charge in [0.15, 0.2) is 5.78 Å². The van der Waals surface area contributed by atoms with Crippen LogP contribution in [0.15, 0.2) is 58.2 Å². The maximum atomic E-state index is 11.6. The number of hydrogen-bond donors (Lipinski definition) is 2. The average molecular weight is 357 g/mol. The Labute approximate surface area is 156 Å². The van der Waals surface area contributed by atoms with E-state index in [4.69, 9.17) is 10.8 Å². The summed E-state index contributed by atoms with van der Waals surface area (Å²) in [4.78, 5) is 22.8. The van der Waals surface area contributed by atoms with Crippen molar-refractivity contribution in [3.63, 3.8) is 0 Å². The van der Waals surface area contributed by atoms with Gasteiger partial charge in [-0.2, -0.15) is 0 Å². The number of nitrogens with two attached hydrogens (primary N) is 1. The highest BCUT2D eigenvalue weighted by atomic mass is 16.4. The van der Waals surface area contributed by atoms with E-state index < -0.39 is 11.8 Å². The zero-order chi connectivity index (χ0) is 19.9. The Bertz CT molecular complexity index is 716. The van der Waals surface area contributed by atoms with Crippen molar-refractivity contribution in [1.82, 2.24) is 0 Å². The zero-order valence-electron chi connectivity index (χ0n) is 16.6. The molecule has 0 aliphatic heterocycles. The molecule has 0 bridgehead atoms. The van der Waals surface area contributed by atoms with Gasteiger partial charge in [0.05, 0.1) is 6.54 Å². The summed E-state index contributed by atoms with van der Waals surface area (Å²) in [6.45, 7) is 10.1. The lowest BCUT2D eigenvalue weighted by molar-refractivity contribution is -0.134. The number of ketones is 1. The van der Waals surface area contributed by atoms with Crippen LogP contribution >= 0.6 is 0 Å². The van der Waals surface area contributed by atoms with Gasteiger partial charge in [0.2, 0.25) is 0 Å². The van der Waals surface area contributed by atoms with Gasteiger partial charge in [-0.1, -0.05) is 55.4 Å². The maximum absolute atomic E-state index is 11.6. The van der Waals surface area contributed by atoms with Crippen LogP contribution in [0.1, 0.15) is 53.9 Å². The van der Waals surface area contributed by atoms with Crippen LogP contribution in [0.25, 0.3) is 0 Å². The lowest BCUT2D eigenvalue weighted by Crippen LogP contribution is -2.22. The van der Waals surface area contributed by atoms with E-state index in [0.717, 1.165) is 12.0 Å². The van der Waals surface area contributed by atoms with Crippen LogP contribution in [0.2, 0.25) is 0 Å². The number of carboxylic acids is 1. The molecule has 4 nitrogen and oxygen atoms in total. The third-order valence-corrected chi connectivity index (χ3v) is 4.83. The SMILES string of the molecule is CC(C=CC1=C(C)CCCC1(C)C)=CC=CC(C)=C(C(=O)O)C(=O)CN. The summed E-state index contributed by atoms with van der Waals surface area (Å²) < 4.78 is 0. The van der Waals surface area contributed by atoms with E-state index in [2.05, 4.69) is 32.9 Å². The van der Waals surface area contributed by atoms with E-state index in [-0.39, 0.29) is 17.5 Å². The standard InChI is InChI=1S/C22H31NO3/c1-15(11-12-18-16(2)10-7-13-22(18,4)5)8-6-9-17(3)20(21(25)26)19(24)14-23/h6,8-9,11-12H,7,10,13-14,23H2,1-5H3,(H,25,26). The fourth-order valence-electron chi connectivity index (χ4n) is 3.32. The molecule has 1 rings (SSSR count). The topological polar surface area (TPSA) is 80.4 Å². The fourth-order valence-corrected chi connectivity index (χ4v) is 3.32. The number of aliphatic carboxylic acids is 1. The van der Waals surface area contributed by atoms with Crippen molar-refractivity contribution in [1.29, 1.82) is 0 Å². The summed E-state index contributed by atoms with van der Waals surface area (Å²) in [6, 6.07) is 0. The smallest absolute Gasteiger partial charge is 0.339 e. The van der Waals surface area contributed by atoms with Crippen LogP contribution in [-0.2, 0) is 9.59 Å². The van der Waals surface area contributed by atoms with Gasteiger partial charge in [-0.05, 0) is 56.6 Å². The van der Waals surface area contributed by atoms with Crippen LogP contribution < -0.4 is 5.73 Å². The van der Waals surface area contributed by atoms with E-state index in [1.165, 1.54) is 24.0 Å². The first kappa shape index (κ1) is 21.8. The van der Waals surface area contributed by atoms with Crippen molar-refractivity contribution in [2.24, 2.45) is 11.1 Å². The van der Waals surface area contributed by atoms with Crippen molar-refractivity contribution < 1.29 is 14.7 Å². The summed E-state index contributed by atoms with van der Waals surface area (Å²) in [5.74, 6) is -1.81. The molecule has 0 fully saturated rings. The molecule has 0 unspecified atom stereocenters. The number of Topliss-reactive ketones (excluding diaryl/α,β-unsaturated/α-hetero) is 1. The molecule has 3 N–H and O–H groups in total. The van der Waals surface area contributed by atoms with Gasteiger partial charge in [0.25, 0.3) is 0 Å². The van der Waals surface area contributed by atoms with Crippen LogP contribution in [0, 0.1) is 5.41 Å². The minimum atomic E-state index is -1.25. The van der Waals surface area contributed by atoms with Crippen molar-refractivity contribution in [3.8, 4) is 0 Å². The Morgan fingerprint density at radius 2 is 1.88 bits per heavy atom. The van der Waals surface area contributed by atoms with Gasteiger partial charge in [-0.25, -0.2) is 4.79 Å². The third-order valence-electron chi connectivity index (χ3n) is 4.83. The minimum absolute atomic E-state index is 0.202. The molecule has 0 aromatic carbocycles. The monoisotopic (exact) mass is 357 g/mol. The maximum Gasteiger partial charge on any atom is 0.339 e. The van der Waals surface area contributed by atoms with Crippen molar-refractivity contribution in [2.45, 2.75) is 53.9 Å². The van der Waals surface area contributed by atoms with Gasteiger partial charge >= 0.3 is 5.97 Å². The molecule has 0 radical (unpaired) electrons. The first-order valence-electron chi connectivity index (χ1n) is 9.01. The van der Waals surface area contributed by atoms with Crippen molar-refractivity contribution in [3.05, 3.63) is 58.2 Å². The lowest BCUT2D eigenvalue weighted by Gasteiger charge is -2.32. The predicted octanol–water partition coefficient (Wildman–Crippen LogP) is 4.50. The van der Waals surface area contributed by atoms with Gasteiger partial charge in [0.1, 0.15) is 5.57 Å². The molecule has 0 aromatic rings. The molecule has 0 aromatic heterocycles. The molecule has 0 saturated carbocycles. The van der Waals surface area contributed by atoms with Crippen LogP contribution in [0.3, 0.4) is 0 Å². The highest BCUT2D eigenvalue weighted by Crippen LogP contribution is 2.40. The number of carbonyl (C=O) groups is 2. The molecular formula is C22H31NO3. The highest BCUT2D eigenvalue weighted by molar-refractivity contribution is 6.18. The number of allylic oxidation sites excluding steroid dienone is 9. The first-order valence-corrected chi connectivity index (χ1v) is 9.01. The van der Waals surface area contributed by atoms with E-state index in [1.807, 2.05) is 13.0 Å². The number of carboxylic acid groups (broad SMARTS) is 1. The average Bonchev–Trinajstić information content (AvgIpc) is 2.53. The van der Waals surface area contributed by atoms with E-state index in [1.54, 1.807) is 19.1 Å². The first-order chi connectivity index (χ1) is 12.1. The normalized spacial score (nSPS) is 19.2. The molecule has 1 aliphatic rings. The van der Waals surface area contributed by atoms with Gasteiger partial charge in [-0.15, -0.1) is 0 Å². The molecule has 4 heteroatoms. The molecular weight excluding hydrogens is 326 g/mol. The fraction of sp³-hybridized carbons (Fsp3) is 0.455. The Balaban J connectivity index is 2.96. The van der Waals surface area contributed by atoms with Gasteiger partial charge in [0, 0.05) is 0 Å². The molecule has 0 atom stereocenters. The van der Waals surface area contributed by atoms with Crippen LogP contribution in [0.5, 0.6) is 0 Å². The largest absolute Gasteiger partial charge is 0.478 e. The second-order valence-corrected chi connectivity index (χ2v) is 7.53. The van der Waals surface area contributed by atoms with E-state index in [0.29, 0.717) is 5.57 Å². The number of rotatable bonds is 7. The summed E-state index contributed by atoms with van der Waals surface area (Å²) in [5.41, 5.74) is 9.52. The second-order valence-electron chi connectivity index (χ2n) is 7.53. The molecule has 0 heterocycles. The molecule has 1 aliphatic carbocycles. The van der Waals surface area contributed by atoms with E-state index in [9.17, 15) is 9.59 Å². The number of hydrogen-bond acceptors (Lipinski definition) is 3. The quantitative estimate of drug-likeness (QED) is 0.304. The zero-order valence-corrected chi connectivity index (χ0v) is 16.6. The van der Waals surface area contributed by atoms with Crippen molar-refractivity contribution >= 4 is 11.8 Å². The minimum Gasteiger partial charge on any atom is -0.478 e. The lowest BCUT2D eigenvalue weighted by atomic mass is 9.72. The highest BCUT2D eigenvalue weighted by Gasteiger charge is 2.26. The second kappa shape index (κ2) is 9.48.